The van der Waals surface area contributed by atoms with E-state index >= 15 is 0 Å². The van der Waals surface area contributed by atoms with E-state index in [1.165, 1.54) is 28.7 Å². The molecule has 4 heterocycles. The van der Waals surface area contributed by atoms with Crippen molar-refractivity contribution in [3.05, 3.63) is 16.3 Å². The molecule has 6 nitrogen and oxygen atoms in total. The van der Waals surface area contributed by atoms with Crippen molar-refractivity contribution in [3.63, 3.8) is 0 Å². The Hall–Kier alpha value is -1.28. The first-order valence-electron chi connectivity index (χ1n) is 10.2. The number of β-amino-alcohol motifs (C(OH)–C–C–N with tert-alkyl or cyclic N) is 1. The SMILES string of the molecule is Cc1sc2nc(CN3CCCC3)nc(N3CCN(CC(C)O)CC3)c2c1C. The molecule has 1 N–H and O–H groups in total. The van der Waals surface area contributed by atoms with E-state index < -0.39 is 0 Å². The van der Waals surface area contributed by atoms with Crippen molar-refractivity contribution in [2.75, 3.05) is 50.7 Å². The lowest BCUT2D eigenvalue weighted by molar-refractivity contribution is 0.122. The topological polar surface area (TPSA) is 55.7 Å². The molecule has 2 aliphatic rings. The third-order valence-electron chi connectivity index (χ3n) is 5.81. The van der Waals surface area contributed by atoms with Crippen LogP contribution in [0.15, 0.2) is 0 Å². The summed E-state index contributed by atoms with van der Waals surface area (Å²) in [4.78, 5) is 19.7. The summed E-state index contributed by atoms with van der Waals surface area (Å²) in [6.45, 7) is 14.0. The van der Waals surface area contributed by atoms with Crippen molar-refractivity contribution in [3.8, 4) is 0 Å². The smallest absolute Gasteiger partial charge is 0.146 e. The molecule has 0 amide bonds. The molecule has 4 rings (SSSR count). The number of aromatic nitrogens is 2. The number of aryl methyl sites for hydroxylation is 2. The highest BCUT2D eigenvalue weighted by molar-refractivity contribution is 7.18. The van der Waals surface area contributed by atoms with Gasteiger partial charge in [-0.1, -0.05) is 0 Å². The van der Waals surface area contributed by atoms with Crippen LogP contribution in [-0.4, -0.2) is 76.8 Å². The minimum absolute atomic E-state index is 0.267. The minimum atomic E-state index is -0.267. The van der Waals surface area contributed by atoms with Gasteiger partial charge in [-0.3, -0.25) is 9.80 Å². The van der Waals surface area contributed by atoms with Gasteiger partial charge in [-0.25, -0.2) is 9.97 Å². The number of anilines is 1. The van der Waals surface area contributed by atoms with Crippen molar-refractivity contribution >= 4 is 27.4 Å². The van der Waals surface area contributed by atoms with Crippen LogP contribution >= 0.6 is 11.3 Å². The number of fused-ring (bicyclic) bond motifs is 1. The highest BCUT2D eigenvalue weighted by Crippen LogP contribution is 2.35. The molecule has 2 aromatic rings. The summed E-state index contributed by atoms with van der Waals surface area (Å²) in [6.07, 6.45) is 2.31. The Kier molecular flexibility index (Phi) is 5.64. The van der Waals surface area contributed by atoms with E-state index in [1.54, 1.807) is 11.3 Å². The summed E-state index contributed by atoms with van der Waals surface area (Å²) < 4.78 is 0. The first-order valence-corrected chi connectivity index (χ1v) is 11.0. The van der Waals surface area contributed by atoms with Crippen LogP contribution in [0.2, 0.25) is 0 Å². The van der Waals surface area contributed by atoms with Crippen molar-refractivity contribution in [2.24, 2.45) is 0 Å². The number of hydrogen-bond donors (Lipinski definition) is 1. The van der Waals surface area contributed by atoms with Crippen molar-refractivity contribution in [1.29, 1.82) is 0 Å². The average Bonchev–Trinajstić information content (AvgIpc) is 3.23. The van der Waals surface area contributed by atoms with Gasteiger partial charge in [0.15, 0.2) is 0 Å². The third kappa shape index (κ3) is 4.11. The first-order chi connectivity index (χ1) is 13.0. The van der Waals surface area contributed by atoms with Crippen LogP contribution in [0.25, 0.3) is 10.2 Å². The number of piperazine rings is 1. The zero-order chi connectivity index (χ0) is 19.0. The van der Waals surface area contributed by atoms with Gasteiger partial charge in [-0.2, -0.15) is 0 Å². The third-order valence-corrected chi connectivity index (χ3v) is 6.91. The zero-order valence-corrected chi connectivity index (χ0v) is 17.6. The van der Waals surface area contributed by atoms with Crippen LogP contribution in [-0.2, 0) is 6.54 Å². The minimum Gasteiger partial charge on any atom is -0.392 e. The summed E-state index contributed by atoms with van der Waals surface area (Å²) in [5.41, 5.74) is 1.32. The van der Waals surface area contributed by atoms with Crippen LogP contribution in [0, 0.1) is 13.8 Å². The largest absolute Gasteiger partial charge is 0.392 e. The summed E-state index contributed by atoms with van der Waals surface area (Å²) in [5, 5.41) is 10.9. The van der Waals surface area contributed by atoms with Crippen LogP contribution in [0.1, 0.15) is 36.0 Å². The Morgan fingerprint density at radius 2 is 1.70 bits per heavy atom. The van der Waals surface area contributed by atoms with E-state index in [-0.39, 0.29) is 6.10 Å². The average molecular weight is 390 g/mol. The Labute approximate surface area is 165 Å². The van der Waals surface area contributed by atoms with E-state index in [9.17, 15) is 5.11 Å². The van der Waals surface area contributed by atoms with Crippen LogP contribution < -0.4 is 4.90 Å². The molecule has 0 aliphatic carbocycles. The lowest BCUT2D eigenvalue weighted by atomic mass is 10.2. The second kappa shape index (κ2) is 7.99. The number of nitrogens with zero attached hydrogens (tertiary/aromatic N) is 5. The van der Waals surface area contributed by atoms with Gasteiger partial charge in [-0.05, 0) is 52.3 Å². The Balaban J connectivity index is 1.61. The molecule has 0 radical (unpaired) electrons. The first kappa shape index (κ1) is 19.1. The zero-order valence-electron chi connectivity index (χ0n) is 16.7. The monoisotopic (exact) mass is 389 g/mol. The molecule has 2 saturated heterocycles. The van der Waals surface area contributed by atoms with Gasteiger partial charge in [0.25, 0.3) is 0 Å². The predicted molar refractivity (Wildman–Crippen MR) is 112 cm³/mol. The Bertz CT molecular complexity index is 791. The van der Waals surface area contributed by atoms with Crippen LogP contribution in [0.3, 0.4) is 0 Å². The Morgan fingerprint density at radius 3 is 2.37 bits per heavy atom. The molecular formula is C20H31N5OS. The van der Waals surface area contributed by atoms with Gasteiger partial charge >= 0.3 is 0 Å². The standard InChI is InChI=1S/C20H31N5OS/c1-14(26)12-24-8-10-25(11-9-24)19-18-15(2)16(3)27-20(18)22-17(21-19)13-23-6-4-5-7-23/h14,26H,4-13H2,1-3H3. The van der Waals surface area contributed by atoms with E-state index in [2.05, 4.69) is 28.5 Å². The number of likely N-dealkylation sites (tertiary alicyclic amines) is 1. The molecule has 2 aromatic heterocycles. The fraction of sp³-hybridized carbons (Fsp3) is 0.700. The summed E-state index contributed by atoms with van der Waals surface area (Å²) in [5.74, 6) is 2.08. The number of thiophene rings is 1. The number of aliphatic hydroxyl groups is 1. The maximum atomic E-state index is 9.66. The molecule has 2 fully saturated rings. The molecule has 2 aliphatic heterocycles. The number of aliphatic hydroxyl groups excluding tert-OH is 1. The van der Waals surface area contributed by atoms with Crippen LogP contribution in [0.4, 0.5) is 5.82 Å². The lowest BCUT2D eigenvalue weighted by Gasteiger charge is -2.36. The summed E-state index contributed by atoms with van der Waals surface area (Å²) in [7, 11) is 0. The maximum absolute atomic E-state index is 9.66. The molecule has 27 heavy (non-hydrogen) atoms. The highest BCUT2D eigenvalue weighted by Gasteiger charge is 2.24. The number of rotatable bonds is 5. The molecule has 7 heteroatoms. The maximum Gasteiger partial charge on any atom is 0.146 e. The number of hydrogen-bond acceptors (Lipinski definition) is 7. The lowest BCUT2D eigenvalue weighted by Crippen LogP contribution is -2.48. The summed E-state index contributed by atoms with van der Waals surface area (Å²) >= 11 is 1.80. The Morgan fingerprint density at radius 1 is 1.00 bits per heavy atom. The molecular weight excluding hydrogens is 358 g/mol. The van der Waals surface area contributed by atoms with Crippen LogP contribution in [0.5, 0.6) is 0 Å². The fourth-order valence-corrected chi connectivity index (χ4v) is 5.27. The molecule has 0 saturated carbocycles. The van der Waals surface area contributed by atoms with Gasteiger partial charge in [0.1, 0.15) is 16.5 Å². The van der Waals surface area contributed by atoms with E-state index in [0.29, 0.717) is 0 Å². The quantitative estimate of drug-likeness (QED) is 0.848. The predicted octanol–water partition coefficient (Wildman–Crippen LogP) is 2.41. The molecule has 148 valence electrons. The molecule has 1 atom stereocenters. The second-order valence-electron chi connectivity index (χ2n) is 8.05. The van der Waals surface area contributed by atoms with Crippen molar-refractivity contribution < 1.29 is 5.11 Å². The molecule has 0 spiro atoms. The van der Waals surface area contributed by atoms with Crippen molar-refractivity contribution in [2.45, 2.75) is 46.3 Å². The fourth-order valence-electron chi connectivity index (χ4n) is 4.23. The van der Waals surface area contributed by atoms with Gasteiger partial charge < -0.3 is 10.0 Å². The molecule has 0 aromatic carbocycles. The van der Waals surface area contributed by atoms with Gasteiger partial charge in [-0.15, -0.1) is 11.3 Å². The molecule has 1 unspecified atom stereocenters. The molecule has 0 bridgehead atoms. The summed E-state index contributed by atoms with van der Waals surface area (Å²) in [6, 6.07) is 0. The normalized spacial score (nSPS) is 20.7. The second-order valence-corrected chi connectivity index (χ2v) is 9.25. The van der Waals surface area contributed by atoms with Gasteiger partial charge in [0.2, 0.25) is 0 Å². The highest BCUT2D eigenvalue weighted by atomic mass is 32.1. The van der Waals surface area contributed by atoms with Gasteiger partial charge in [0.05, 0.1) is 18.0 Å². The van der Waals surface area contributed by atoms with E-state index in [0.717, 1.165) is 68.8 Å². The van der Waals surface area contributed by atoms with E-state index in [4.69, 9.17) is 9.97 Å². The van der Waals surface area contributed by atoms with E-state index in [1.807, 2.05) is 6.92 Å². The van der Waals surface area contributed by atoms with Crippen molar-refractivity contribution in [1.82, 2.24) is 19.8 Å². The van der Waals surface area contributed by atoms with Gasteiger partial charge in [0, 0.05) is 37.6 Å².